The van der Waals surface area contributed by atoms with Crippen LogP contribution >= 0.6 is 0 Å². The monoisotopic (exact) mass is 446 g/mol. The fourth-order valence-corrected chi connectivity index (χ4v) is 5.39. The van der Waals surface area contributed by atoms with Crippen molar-refractivity contribution in [1.82, 2.24) is 4.90 Å². The van der Waals surface area contributed by atoms with Gasteiger partial charge in [-0.15, -0.1) is 0 Å². The van der Waals surface area contributed by atoms with Crippen LogP contribution in [0, 0.1) is 29.0 Å². The third kappa shape index (κ3) is 3.17. The van der Waals surface area contributed by atoms with Gasteiger partial charge in [-0.25, -0.2) is 9.38 Å². The van der Waals surface area contributed by atoms with E-state index in [0.717, 1.165) is 0 Å². The van der Waals surface area contributed by atoms with Crippen LogP contribution in [0.5, 0.6) is 0 Å². The molecule has 2 fully saturated rings. The first-order chi connectivity index (χ1) is 14.9. The maximum atomic E-state index is 15.0. The van der Waals surface area contributed by atoms with E-state index in [2.05, 4.69) is 10.3 Å². The van der Waals surface area contributed by atoms with Crippen molar-refractivity contribution in [1.29, 1.82) is 0 Å². The lowest BCUT2D eigenvalue weighted by molar-refractivity contribution is -0.146. The Balaban J connectivity index is 1.64. The molecule has 0 bridgehead atoms. The van der Waals surface area contributed by atoms with Crippen LogP contribution in [0.25, 0.3) is 0 Å². The average molecular weight is 447 g/mol. The molecule has 174 valence electrons. The lowest BCUT2D eigenvalue weighted by Gasteiger charge is -2.46. The second kappa shape index (κ2) is 7.43. The van der Waals surface area contributed by atoms with E-state index < -0.39 is 22.9 Å². The van der Waals surface area contributed by atoms with Crippen LogP contribution in [0.1, 0.15) is 39.7 Å². The van der Waals surface area contributed by atoms with E-state index in [1.807, 2.05) is 0 Å². The van der Waals surface area contributed by atoms with Crippen molar-refractivity contribution in [3.05, 3.63) is 29.6 Å². The summed E-state index contributed by atoms with van der Waals surface area (Å²) in [6, 6.07) is 4.18. The maximum absolute atomic E-state index is 15.0. The first-order valence-corrected chi connectivity index (χ1v) is 11.0. The molecule has 2 saturated carbocycles. The Bertz CT molecular complexity index is 996. The number of nitrogens with two attached hydrogens (primary N) is 1. The number of fused-ring (bicyclic) bond motifs is 1. The normalized spacial score (nSPS) is 35.2. The largest absolute Gasteiger partial charge is 0.466 e. The molecular formula is C23H31FN4O4. The van der Waals surface area contributed by atoms with Gasteiger partial charge in [0.2, 0.25) is 5.91 Å². The number of esters is 1. The van der Waals surface area contributed by atoms with Crippen molar-refractivity contribution in [2.75, 3.05) is 19.0 Å². The number of aliphatic hydroxyl groups excluding tert-OH is 1. The van der Waals surface area contributed by atoms with Crippen LogP contribution in [0.4, 0.5) is 10.1 Å². The Morgan fingerprint density at radius 3 is 2.75 bits per heavy atom. The summed E-state index contributed by atoms with van der Waals surface area (Å²) in [5.74, 6) is -1.11. The minimum atomic E-state index is -1.23. The number of carbonyl (C=O) groups excluding carboxylic acids is 2. The van der Waals surface area contributed by atoms with Crippen molar-refractivity contribution >= 4 is 23.5 Å². The Kier molecular flexibility index (Phi) is 5.23. The summed E-state index contributed by atoms with van der Waals surface area (Å²) in [5, 5.41) is 13.8. The van der Waals surface area contributed by atoms with Gasteiger partial charge >= 0.3 is 5.97 Å². The number of aliphatic imine (C=N–C) groups is 1. The van der Waals surface area contributed by atoms with Gasteiger partial charge in [-0.3, -0.25) is 14.5 Å². The molecule has 8 nitrogen and oxygen atoms in total. The number of aliphatic hydroxyl groups is 1. The number of hydrogen-bond donors (Lipinski definition) is 3. The SMILES string of the molecule is CCOC(=O)[C@H]1[C@@H]2C[C@@H](O)C(Nc3ccc(F)c([C@@]4(C)N=C(N)N(C)C(=O)C4(C)C)c3)[C@@H]21. The van der Waals surface area contributed by atoms with Gasteiger partial charge in [0.1, 0.15) is 11.4 Å². The first-order valence-electron chi connectivity index (χ1n) is 11.0. The van der Waals surface area contributed by atoms with E-state index in [1.54, 1.807) is 46.9 Å². The summed E-state index contributed by atoms with van der Waals surface area (Å²) in [6.07, 6.45) is -0.0958. The van der Waals surface area contributed by atoms with Crippen LogP contribution in [-0.4, -0.2) is 53.6 Å². The highest BCUT2D eigenvalue weighted by atomic mass is 19.1. The van der Waals surface area contributed by atoms with Gasteiger partial charge in [-0.2, -0.15) is 0 Å². The standard InChI is InChI=1S/C23H31FN4O4/c1-6-32-19(30)17-12-10-15(29)18(16(12)17)26-11-7-8-14(24)13(9-11)23(4)22(2,3)20(31)28(5)21(25)27-23/h7-9,12,15-18,26,29H,6,10H2,1-5H3,(H2,25,27)/t12-,15-,16+,17+,18?,23-/m1/s1. The number of benzene rings is 1. The Morgan fingerprint density at radius 2 is 2.09 bits per heavy atom. The molecule has 6 atom stereocenters. The second-order valence-corrected chi connectivity index (χ2v) is 9.72. The third-order valence-corrected chi connectivity index (χ3v) is 7.69. The highest BCUT2D eigenvalue weighted by Gasteiger charge is 2.65. The van der Waals surface area contributed by atoms with E-state index in [1.165, 1.54) is 11.0 Å². The number of carbonyl (C=O) groups is 2. The second-order valence-electron chi connectivity index (χ2n) is 9.72. The Hall–Kier alpha value is -2.68. The molecule has 1 heterocycles. The lowest BCUT2D eigenvalue weighted by Crippen LogP contribution is -2.58. The molecule has 0 aromatic heterocycles. The van der Waals surface area contributed by atoms with Crippen molar-refractivity contribution in [2.24, 2.45) is 33.9 Å². The fourth-order valence-electron chi connectivity index (χ4n) is 5.39. The summed E-state index contributed by atoms with van der Waals surface area (Å²) >= 11 is 0. The predicted molar refractivity (Wildman–Crippen MR) is 117 cm³/mol. The average Bonchev–Trinajstić information content (AvgIpc) is 3.34. The molecule has 1 aromatic carbocycles. The number of rotatable bonds is 5. The highest BCUT2D eigenvalue weighted by molar-refractivity contribution is 6.01. The molecule has 2 aliphatic carbocycles. The zero-order chi connectivity index (χ0) is 23.6. The molecule has 0 radical (unpaired) electrons. The molecule has 0 spiro atoms. The van der Waals surface area contributed by atoms with E-state index in [9.17, 15) is 14.7 Å². The van der Waals surface area contributed by atoms with E-state index >= 15 is 4.39 Å². The van der Waals surface area contributed by atoms with Gasteiger partial charge in [0.15, 0.2) is 5.96 Å². The number of halogens is 1. The van der Waals surface area contributed by atoms with Gasteiger partial charge in [0, 0.05) is 18.3 Å². The molecule has 32 heavy (non-hydrogen) atoms. The van der Waals surface area contributed by atoms with Crippen LogP contribution in [0.15, 0.2) is 23.2 Å². The highest BCUT2D eigenvalue weighted by Crippen LogP contribution is 2.58. The lowest BCUT2D eigenvalue weighted by atomic mass is 9.67. The molecule has 1 unspecified atom stereocenters. The van der Waals surface area contributed by atoms with Gasteiger partial charge in [-0.05, 0) is 64.2 Å². The molecule has 0 saturated heterocycles. The van der Waals surface area contributed by atoms with E-state index in [-0.39, 0.29) is 47.2 Å². The van der Waals surface area contributed by atoms with Crippen LogP contribution in [0.2, 0.25) is 0 Å². The molecule has 1 aromatic rings. The number of hydrogen-bond acceptors (Lipinski definition) is 7. The molecular weight excluding hydrogens is 415 g/mol. The molecule has 1 amide bonds. The summed E-state index contributed by atoms with van der Waals surface area (Å²) in [7, 11) is 1.55. The number of ether oxygens (including phenoxy) is 1. The van der Waals surface area contributed by atoms with Crippen molar-refractivity contribution in [2.45, 2.75) is 51.8 Å². The van der Waals surface area contributed by atoms with Gasteiger partial charge < -0.3 is 20.9 Å². The van der Waals surface area contributed by atoms with Gasteiger partial charge in [0.25, 0.3) is 0 Å². The number of guanidine groups is 1. The van der Waals surface area contributed by atoms with E-state index in [0.29, 0.717) is 18.7 Å². The quantitative estimate of drug-likeness (QED) is 0.594. The van der Waals surface area contributed by atoms with Crippen LogP contribution < -0.4 is 11.1 Å². The van der Waals surface area contributed by atoms with Crippen molar-refractivity contribution < 1.29 is 23.8 Å². The number of nitrogens with zero attached hydrogens (tertiary/aromatic N) is 2. The fraction of sp³-hybridized carbons (Fsp3) is 0.609. The van der Waals surface area contributed by atoms with Gasteiger partial charge in [0.05, 0.1) is 30.1 Å². The smallest absolute Gasteiger partial charge is 0.309 e. The summed E-state index contributed by atoms with van der Waals surface area (Å²) < 4.78 is 20.2. The maximum Gasteiger partial charge on any atom is 0.309 e. The van der Waals surface area contributed by atoms with Crippen LogP contribution in [-0.2, 0) is 19.9 Å². The number of nitrogens with one attached hydrogen (secondary N) is 1. The molecule has 9 heteroatoms. The van der Waals surface area contributed by atoms with Crippen molar-refractivity contribution in [3.63, 3.8) is 0 Å². The molecule has 1 aliphatic heterocycles. The minimum Gasteiger partial charge on any atom is -0.466 e. The molecule has 4 rings (SSSR count). The Labute approximate surface area is 187 Å². The topological polar surface area (TPSA) is 117 Å². The van der Waals surface area contributed by atoms with Crippen LogP contribution in [0.3, 0.4) is 0 Å². The zero-order valence-corrected chi connectivity index (χ0v) is 19.1. The summed E-state index contributed by atoms with van der Waals surface area (Å²) in [5.41, 5.74) is 4.51. The Morgan fingerprint density at radius 1 is 1.41 bits per heavy atom. The minimum absolute atomic E-state index is 0.0249. The van der Waals surface area contributed by atoms with E-state index in [4.69, 9.17) is 10.5 Å². The first kappa shape index (κ1) is 22.5. The zero-order valence-electron chi connectivity index (χ0n) is 19.1. The van der Waals surface area contributed by atoms with Gasteiger partial charge in [-0.1, -0.05) is 0 Å². The predicted octanol–water partition coefficient (Wildman–Crippen LogP) is 1.82. The third-order valence-electron chi connectivity index (χ3n) is 7.69. The number of anilines is 1. The molecule has 4 N–H and O–H groups in total. The summed E-state index contributed by atoms with van der Waals surface area (Å²) in [6.45, 7) is 7.24. The molecule has 3 aliphatic rings. The number of amides is 1. The summed E-state index contributed by atoms with van der Waals surface area (Å²) in [4.78, 5) is 30.9. The van der Waals surface area contributed by atoms with Crippen molar-refractivity contribution in [3.8, 4) is 0 Å².